The molecular formula is C13H16N2O. The van der Waals surface area contributed by atoms with E-state index >= 15 is 0 Å². The topological polar surface area (TPSA) is 52.9 Å². The van der Waals surface area contributed by atoms with Crippen molar-refractivity contribution in [3.8, 4) is 6.07 Å². The van der Waals surface area contributed by atoms with Gasteiger partial charge < -0.3 is 5.32 Å². The van der Waals surface area contributed by atoms with Crippen LogP contribution in [0.15, 0.2) is 12.1 Å². The fourth-order valence-corrected chi connectivity index (χ4v) is 1.84. The van der Waals surface area contributed by atoms with E-state index in [0.29, 0.717) is 5.56 Å². The van der Waals surface area contributed by atoms with Crippen LogP contribution < -0.4 is 5.32 Å². The Morgan fingerprint density at radius 2 is 1.81 bits per heavy atom. The van der Waals surface area contributed by atoms with Gasteiger partial charge in [0.2, 0.25) is 0 Å². The molecule has 84 valence electrons. The fraction of sp³-hybridized carbons (Fsp3) is 0.385. The molecule has 0 radical (unpaired) electrons. The Morgan fingerprint density at radius 3 is 2.25 bits per heavy atom. The number of nitrogens with zero attached hydrogens (tertiary/aromatic N) is 1. The third-order valence-electron chi connectivity index (χ3n) is 2.45. The zero-order valence-electron chi connectivity index (χ0n) is 10.1. The molecule has 0 fully saturated rings. The van der Waals surface area contributed by atoms with Crippen LogP contribution in [0.4, 0.5) is 0 Å². The Bertz CT molecular complexity index is 434. The monoisotopic (exact) mass is 216 g/mol. The van der Waals surface area contributed by atoms with Gasteiger partial charge in [0.25, 0.3) is 5.91 Å². The van der Waals surface area contributed by atoms with Gasteiger partial charge in [0.05, 0.1) is 6.07 Å². The van der Waals surface area contributed by atoms with Crippen LogP contribution in [-0.2, 0) is 0 Å². The van der Waals surface area contributed by atoms with Crippen LogP contribution in [0, 0.1) is 32.1 Å². The molecule has 1 atom stereocenters. The van der Waals surface area contributed by atoms with Gasteiger partial charge in [-0.1, -0.05) is 17.7 Å². The summed E-state index contributed by atoms with van der Waals surface area (Å²) in [4.78, 5) is 11.9. The van der Waals surface area contributed by atoms with Gasteiger partial charge in [-0.2, -0.15) is 5.26 Å². The zero-order valence-corrected chi connectivity index (χ0v) is 10.1. The first-order chi connectivity index (χ1) is 7.45. The number of amides is 1. The van der Waals surface area contributed by atoms with Crippen molar-refractivity contribution in [1.82, 2.24) is 5.32 Å². The lowest BCUT2D eigenvalue weighted by Gasteiger charge is -2.12. The van der Waals surface area contributed by atoms with Crippen molar-refractivity contribution in [2.24, 2.45) is 0 Å². The quantitative estimate of drug-likeness (QED) is 0.824. The molecule has 0 aliphatic rings. The zero-order chi connectivity index (χ0) is 12.3. The Hall–Kier alpha value is -1.82. The largest absolute Gasteiger partial charge is 0.337 e. The third-order valence-corrected chi connectivity index (χ3v) is 2.45. The van der Waals surface area contributed by atoms with E-state index in [1.165, 1.54) is 0 Å². The molecule has 1 aromatic carbocycles. The molecule has 0 saturated heterocycles. The molecule has 16 heavy (non-hydrogen) atoms. The van der Waals surface area contributed by atoms with Crippen molar-refractivity contribution in [3.63, 3.8) is 0 Å². The van der Waals surface area contributed by atoms with Crippen molar-refractivity contribution in [3.05, 3.63) is 34.4 Å². The summed E-state index contributed by atoms with van der Waals surface area (Å²) in [5.41, 5.74) is 3.70. The Balaban J connectivity index is 3.06. The highest BCUT2D eigenvalue weighted by atomic mass is 16.1. The predicted octanol–water partition coefficient (Wildman–Crippen LogP) is 2.25. The van der Waals surface area contributed by atoms with Crippen molar-refractivity contribution < 1.29 is 4.79 Å². The number of carbonyl (C=O) groups is 1. The second-order valence-electron chi connectivity index (χ2n) is 4.10. The number of rotatable bonds is 2. The van der Waals surface area contributed by atoms with Crippen LogP contribution in [0.1, 0.15) is 34.0 Å². The lowest BCUT2D eigenvalue weighted by atomic mass is 9.99. The van der Waals surface area contributed by atoms with Gasteiger partial charge >= 0.3 is 0 Å². The maximum atomic E-state index is 11.9. The molecule has 1 rings (SSSR count). The van der Waals surface area contributed by atoms with E-state index < -0.39 is 6.04 Å². The van der Waals surface area contributed by atoms with Gasteiger partial charge in [0.15, 0.2) is 0 Å². The average Bonchev–Trinajstić information content (AvgIpc) is 2.15. The van der Waals surface area contributed by atoms with Crippen LogP contribution in [0.2, 0.25) is 0 Å². The second kappa shape index (κ2) is 4.80. The lowest BCUT2D eigenvalue weighted by Crippen LogP contribution is -2.32. The normalized spacial score (nSPS) is 11.7. The molecular weight excluding hydrogens is 200 g/mol. The molecule has 0 saturated carbocycles. The number of aryl methyl sites for hydroxylation is 3. The van der Waals surface area contributed by atoms with Crippen LogP contribution in [0.25, 0.3) is 0 Å². The summed E-state index contributed by atoms with van der Waals surface area (Å²) in [6.07, 6.45) is 0. The SMILES string of the molecule is Cc1cc(C)c(C(=O)NC(C)C#N)c(C)c1. The molecule has 3 heteroatoms. The van der Waals surface area contributed by atoms with E-state index in [1.807, 2.05) is 39.0 Å². The molecule has 0 spiro atoms. The van der Waals surface area contributed by atoms with E-state index in [-0.39, 0.29) is 5.91 Å². The van der Waals surface area contributed by atoms with Crippen molar-refractivity contribution in [1.29, 1.82) is 5.26 Å². The third kappa shape index (κ3) is 2.60. The predicted molar refractivity (Wildman–Crippen MR) is 63.2 cm³/mol. The second-order valence-corrected chi connectivity index (χ2v) is 4.10. The van der Waals surface area contributed by atoms with Crippen molar-refractivity contribution >= 4 is 5.91 Å². The van der Waals surface area contributed by atoms with Gasteiger partial charge in [0.1, 0.15) is 6.04 Å². The van der Waals surface area contributed by atoms with E-state index in [0.717, 1.165) is 16.7 Å². The van der Waals surface area contributed by atoms with Gasteiger partial charge in [-0.25, -0.2) is 0 Å². The molecule has 1 N–H and O–H groups in total. The number of benzene rings is 1. The Morgan fingerprint density at radius 1 is 1.31 bits per heavy atom. The molecule has 1 unspecified atom stereocenters. The fourth-order valence-electron chi connectivity index (χ4n) is 1.84. The first-order valence-corrected chi connectivity index (χ1v) is 5.24. The molecule has 0 bridgehead atoms. The maximum Gasteiger partial charge on any atom is 0.252 e. The van der Waals surface area contributed by atoms with Crippen LogP contribution >= 0.6 is 0 Å². The standard InChI is InChI=1S/C13H16N2O/c1-8-5-9(2)12(10(3)6-8)13(16)15-11(4)7-14/h5-6,11H,1-4H3,(H,15,16). The smallest absolute Gasteiger partial charge is 0.252 e. The summed E-state index contributed by atoms with van der Waals surface area (Å²) in [6, 6.07) is 5.46. The number of carbonyl (C=O) groups excluding carboxylic acids is 1. The average molecular weight is 216 g/mol. The van der Waals surface area contributed by atoms with Crippen molar-refractivity contribution in [2.45, 2.75) is 33.7 Å². The molecule has 0 aliphatic heterocycles. The van der Waals surface area contributed by atoms with E-state index in [1.54, 1.807) is 6.92 Å². The molecule has 1 aromatic rings. The van der Waals surface area contributed by atoms with Gasteiger partial charge in [-0.3, -0.25) is 4.79 Å². The number of hydrogen-bond donors (Lipinski definition) is 1. The molecule has 0 aromatic heterocycles. The summed E-state index contributed by atoms with van der Waals surface area (Å²) >= 11 is 0. The summed E-state index contributed by atoms with van der Waals surface area (Å²) in [7, 11) is 0. The Kier molecular flexibility index (Phi) is 3.68. The lowest BCUT2D eigenvalue weighted by molar-refractivity contribution is 0.0946. The van der Waals surface area contributed by atoms with Gasteiger partial charge in [0, 0.05) is 5.56 Å². The molecule has 1 amide bonds. The molecule has 0 aliphatic carbocycles. The minimum Gasteiger partial charge on any atom is -0.337 e. The minimum atomic E-state index is -0.465. The first-order valence-electron chi connectivity index (χ1n) is 5.24. The van der Waals surface area contributed by atoms with E-state index in [9.17, 15) is 4.79 Å². The van der Waals surface area contributed by atoms with E-state index in [2.05, 4.69) is 5.32 Å². The minimum absolute atomic E-state index is 0.177. The van der Waals surface area contributed by atoms with Crippen LogP contribution in [-0.4, -0.2) is 11.9 Å². The first kappa shape index (κ1) is 12.3. The van der Waals surface area contributed by atoms with Crippen molar-refractivity contribution in [2.75, 3.05) is 0 Å². The van der Waals surface area contributed by atoms with Crippen LogP contribution in [0.5, 0.6) is 0 Å². The highest BCUT2D eigenvalue weighted by Gasteiger charge is 2.14. The number of hydrogen-bond acceptors (Lipinski definition) is 2. The van der Waals surface area contributed by atoms with E-state index in [4.69, 9.17) is 5.26 Å². The summed E-state index contributed by atoms with van der Waals surface area (Å²) in [6.45, 7) is 7.48. The highest BCUT2D eigenvalue weighted by Crippen LogP contribution is 2.16. The number of nitrogens with one attached hydrogen (secondary N) is 1. The summed E-state index contributed by atoms with van der Waals surface area (Å²) in [5, 5.41) is 11.3. The Labute approximate surface area is 96.1 Å². The number of nitriles is 1. The summed E-state index contributed by atoms with van der Waals surface area (Å²) < 4.78 is 0. The highest BCUT2D eigenvalue weighted by molar-refractivity contribution is 5.97. The van der Waals surface area contributed by atoms with Gasteiger partial charge in [-0.05, 0) is 38.8 Å². The molecule has 3 nitrogen and oxygen atoms in total. The summed E-state index contributed by atoms with van der Waals surface area (Å²) in [5.74, 6) is -0.177. The van der Waals surface area contributed by atoms with Crippen LogP contribution in [0.3, 0.4) is 0 Å². The maximum absolute atomic E-state index is 11.9. The molecule has 0 heterocycles. The van der Waals surface area contributed by atoms with Gasteiger partial charge in [-0.15, -0.1) is 0 Å².